The Balaban J connectivity index is 0.000000770. The van der Waals surface area contributed by atoms with Gasteiger partial charge in [0.15, 0.2) is 0 Å². The predicted octanol–water partition coefficient (Wildman–Crippen LogP) is 4.78. The van der Waals surface area contributed by atoms with E-state index in [9.17, 15) is 0 Å². The molecule has 1 aliphatic carbocycles. The van der Waals surface area contributed by atoms with Gasteiger partial charge in [-0.05, 0) is 44.7 Å². The normalized spacial score (nSPS) is 16.5. The first kappa shape index (κ1) is 16.7. The molecule has 1 rings (SSSR count). The van der Waals surface area contributed by atoms with Crippen molar-refractivity contribution in [3.05, 3.63) is 12.7 Å². The van der Waals surface area contributed by atoms with Crippen LogP contribution >= 0.6 is 0 Å². The highest BCUT2D eigenvalue weighted by atomic mass is 14.8. The molecule has 0 radical (unpaired) electrons. The smallest absolute Gasteiger partial charge is 0.00463 e. The quantitative estimate of drug-likeness (QED) is 0.519. The van der Waals surface area contributed by atoms with Gasteiger partial charge in [0, 0.05) is 0 Å². The van der Waals surface area contributed by atoms with E-state index < -0.39 is 0 Å². The minimum atomic E-state index is 0.845. The van der Waals surface area contributed by atoms with Gasteiger partial charge in [-0.1, -0.05) is 52.0 Å². The molecule has 0 unspecified atom stereocenters. The molecule has 0 aromatic rings. The maximum absolute atomic E-state index is 3.56. The van der Waals surface area contributed by atoms with E-state index in [4.69, 9.17) is 0 Å². The standard InChI is InChI=1S/C13H27N.C3H6/c1-12(2)8-10-14-11-9-13-6-4-3-5-7-13;1-3-2/h12-14H,3-11H2,1-2H3;3H,1H2,2H3. The van der Waals surface area contributed by atoms with Crippen molar-refractivity contribution in [2.24, 2.45) is 11.8 Å². The lowest BCUT2D eigenvalue weighted by atomic mass is 9.87. The van der Waals surface area contributed by atoms with Crippen molar-refractivity contribution in [1.82, 2.24) is 5.32 Å². The lowest BCUT2D eigenvalue weighted by Gasteiger charge is -2.21. The monoisotopic (exact) mass is 239 g/mol. The van der Waals surface area contributed by atoms with Gasteiger partial charge in [-0.15, -0.1) is 6.58 Å². The van der Waals surface area contributed by atoms with Gasteiger partial charge >= 0.3 is 0 Å². The fourth-order valence-electron chi connectivity index (χ4n) is 2.30. The Bertz CT molecular complexity index is 157. The maximum Gasteiger partial charge on any atom is -0.00463 e. The van der Waals surface area contributed by atoms with E-state index in [0.717, 1.165) is 11.8 Å². The van der Waals surface area contributed by atoms with E-state index in [0.29, 0.717) is 0 Å². The molecule has 0 saturated heterocycles. The summed E-state index contributed by atoms with van der Waals surface area (Å²) < 4.78 is 0. The van der Waals surface area contributed by atoms with Crippen LogP contribution < -0.4 is 5.32 Å². The summed E-state index contributed by atoms with van der Waals surface area (Å²) in [5, 5.41) is 3.56. The fraction of sp³-hybridized carbons (Fsp3) is 0.875. The van der Waals surface area contributed by atoms with Crippen LogP contribution in [0.4, 0.5) is 0 Å². The highest BCUT2D eigenvalue weighted by Gasteiger charge is 2.12. The van der Waals surface area contributed by atoms with Gasteiger partial charge in [-0.2, -0.15) is 0 Å². The molecule has 102 valence electrons. The van der Waals surface area contributed by atoms with Crippen LogP contribution in [-0.4, -0.2) is 13.1 Å². The van der Waals surface area contributed by atoms with Crippen molar-refractivity contribution < 1.29 is 0 Å². The third kappa shape index (κ3) is 12.0. The fourth-order valence-corrected chi connectivity index (χ4v) is 2.30. The van der Waals surface area contributed by atoms with Gasteiger partial charge in [-0.3, -0.25) is 0 Å². The molecule has 1 saturated carbocycles. The highest BCUT2D eigenvalue weighted by Crippen LogP contribution is 2.25. The first-order valence-corrected chi connectivity index (χ1v) is 7.48. The van der Waals surface area contributed by atoms with Crippen LogP contribution in [0.5, 0.6) is 0 Å². The Morgan fingerprint density at radius 3 is 2.29 bits per heavy atom. The van der Waals surface area contributed by atoms with E-state index in [-0.39, 0.29) is 0 Å². The summed E-state index contributed by atoms with van der Waals surface area (Å²) in [6.07, 6.45) is 11.9. The number of nitrogens with one attached hydrogen (secondary N) is 1. The molecule has 0 aromatic carbocycles. The molecular formula is C16H33N. The summed E-state index contributed by atoms with van der Waals surface area (Å²) in [5.41, 5.74) is 0. The highest BCUT2D eigenvalue weighted by molar-refractivity contribution is 4.66. The summed E-state index contributed by atoms with van der Waals surface area (Å²) in [6.45, 7) is 12.3. The average molecular weight is 239 g/mol. The maximum atomic E-state index is 3.56. The molecule has 0 aromatic heterocycles. The number of hydrogen-bond donors (Lipinski definition) is 1. The second kappa shape index (κ2) is 12.2. The Morgan fingerprint density at radius 1 is 1.18 bits per heavy atom. The Morgan fingerprint density at radius 2 is 1.76 bits per heavy atom. The molecule has 17 heavy (non-hydrogen) atoms. The molecule has 0 bridgehead atoms. The SMILES string of the molecule is C=CC.CC(C)CCNCCC1CCCCC1. The molecule has 1 N–H and O–H groups in total. The summed E-state index contributed by atoms with van der Waals surface area (Å²) >= 11 is 0. The lowest BCUT2D eigenvalue weighted by Crippen LogP contribution is -2.21. The van der Waals surface area contributed by atoms with Crippen LogP contribution in [0, 0.1) is 11.8 Å². The van der Waals surface area contributed by atoms with Crippen LogP contribution in [0.25, 0.3) is 0 Å². The van der Waals surface area contributed by atoms with E-state index in [1.165, 1.54) is 58.0 Å². The number of hydrogen-bond acceptors (Lipinski definition) is 1. The summed E-state index contributed by atoms with van der Waals surface area (Å²) in [6, 6.07) is 0. The van der Waals surface area contributed by atoms with Gasteiger partial charge in [0.2, 0.25) is 0 Å². The van der Waals surface area contributed by atoms with Crippen LogP contribution in [0.1, 0.15) is 65.7 Å². The van der Waals surface area contributed by atoms with Crippen LogP contribution in [0.15, 0.2) is 12.7 Å². The second-order valence-corrected chi connectivity index (χ2v) is 5.63. The Hall–Kier alpha value is -0.300. The van der Waals surface area contributed by atoms with Crippen LogP contribution in [0.2, 0.25) is 0 Å². The molecule has 1 heteroatoms. The minimum absolute atomic E-state index is 0.845. The molecule has 1 aliphatic rings. The molecule has 1 nitrogen and oxygen atoms in total. The Kier molecular flexibility index (Phi) is 12.0. The van der Waals surface area contributed by atoms with E-state index >= 15 is 0 Å². The first-order valence-electron chi connectivity index (χ1n) is 7.48. The van der Waals surface area contributed by atoms with Gasteiger partial charge in [-0.25, -0.2) is 0 Å². The van der Waals surface area contributed by atoms with E-state index in [1.54, 1.807) is 6.08 Å². The molecule has 0 atom stereocenters. The largest absolute Gasteiger partial charge is 0.317 e. The van der Waals surface area contributed by atoms with Gasteiger partial charge in [0.25, 0.3) is 0 Å². The van der Waals surface area contributed by atoms with Crippen molar-refractivity contribution in [3.63, 3.8) is 0 Å². The molecule has 1 fully saturated rings. The van der Waals surface area contributed by atoms with Gasteiger partial charge < -0.3 is 5.32 Å². The first-order chi connectivity index (χ1) is 8.20. The Labute approximate surface area is 109 Å². The second-order valence-electron chi connectivity index (χ2n) is 5.63. The molecule has 0 heterocycles. The molecule has 0 amide bonds. The van der Waals surface area contributed by atoms with Crippen molar-refractivity contribution >= 4 is 0 Å². The van der Waals surface area contributed by atoms with Crippen molar-refractivity contribution in [3.8, 4) is 0 Å². The van der Waals surface area contributed by atoms with Gasteiger partial charge in [0.1, 0.15) is 0 Å². The van der Waals surface area contributed by atoms with Crippen molar-refractivity contribution in [1.29, 1.82) is 0 Å². The van der Waals surface area contributed by atoms with E-state index in [2.05, 4.69) is 25.7 Å². The third-order valence-corrected chi connectivity index (χ3v) is 3.35. The zero-order valence-corrected chi connectivity index (χ0v) is 12.3. The lowest BCUT2D eigenvalue weighted by molar-refractivity contribution is 0.333. The predicted molar refractivity (Wildman–Crippen MR) is 79.4 cm³/mol. The number of allylic oxidation sites excluding steroid dienone is 1. The molecule has 0 spiro atoms. The van der Waals surface area contributed by atoms with E-state index in [1.807, 2.05) is 6.92 Å². The van der Waals surface area contributed by atoms with Crippen LogP contribution in [-0.2, 0) is 0 Å². The molecule has 0 aliphatic heterocycles. The zero-order valence-electron chi connectivity index (χ0n) is 12.3. The summed E-state index contributed by atoms with van der Waals surface area (Å²) in [5.74, 6) is 1.88. The average Bonchev–Trinajstić information content (AvgIpc) is 2.30. The third-order valence-electron chi connectivity index (χ3n) is 3.35. The minimum Gasteiger partial charge on any atom is -0.317 e. The number of rotatable bonds is 6. The summed E-state index contributed by atoms with van der Waals surface area (Å²) in [4.78, 5) is 0. The van der Waals surface area contributed by atoms with Crippen molar-refractivity contribution in [2.75, 3.05) is 13.1 Å². The van der Waals surface area contributed by atoms with Gasteiger partial charge in [0.05, 0.1) is 0 Å². The topological polar surface area (TPSA) is 12.0 Å². The van der Waals surface area contributed by atoms with Crippen LogP contribution in [0.3, 0.4) is 0 Å². The molecular weight excluding hydrogens is 206 g/mol. The zero-order chi connectivity index (χ0) is 12.9. The van der Waals surface area contributed by atoms with Crippen molar-refractivity contribution in [2.45, 2.75) is 65.7 Å². The summed E-state index contributed by atoms with van der Waals surface area (Å²) in [7, 11) is 0.